The second-order valence-corrected chi connectivity index (χ2v) is 9.73. The van der Waals surface area contributed by atoms with Crippen LogP contribution in [0.3, 0.4) is 0 Å². The molecule has 3 aromatic carbocycles. The number of methoxy groups -OCH3 is 2. The predicted molar refractivity (Wildman–Crippen MR) is 154 cm³/mol. The molecule has 0 unspecified atom stereocenters. The SMILES string of the molecule is COC(=O)CC[C@@H](Cc1ccc(OCc2ccccc2)cc1)NC(=O)CCCCCCc1ccccc1OC. The Hall–Kier alpha value is -3.80. The van der Waals surface area contributed by atoms with Gasteiger partial charge in [-0.1, -0.05) is 73.5 Å². The Bertz CT molecular complexity index is 1130. The van der Waals surface area contributed by atoms with Gasteiger partial charge in [0, 0.05) is 18.9 Å². The normalized spacial score (nSPS) is 11.4. The Morgan fingerprint density at radius 3 is 2.23 bits per heavy atom. The highest BCUT2D eigenvalue weighted by Gasteiger charge is 2.15. The van der Waals surface area contributed by atoms with E-state index in [-0.39, 0.29) is 24.3 Å². The number of ether oxygens (including phenoxy) is 3. The van der Waals surface area contributed by atoms with Crippen molar-refractivity contribution in [3.63, 3.8) is 0 Å². The van der Waals surface area contributed by atoms with Gasteiger partial charge in [-0.15, -0.1) is 0 Å². The van der Waals surface area contributed by atoms with E-state index in [9.17, 15) is 9.59 Å². The number of carbonyl (C=O) groups excluding carboxylic acids is 2. The Morgan fingerprint density at radius 1 is 0.769 bits per heavy atom. The van der Waals surface area contributed by atoms with Gasteiger partial charge in [0.2, 0.25) is 5.91 Å². The zero-order chi connectivity index (χ0) is 27.7. The van der Waals surface area contributed by atoms with E-state index in [2.05, 4.69) is 11.4 Å². The fourth-order valence-corrected chi connectivity index (χ4v) is 4.53. The average molecular weight is 532 g/mol. The molecule has 0 aromatic heterocycles. The topological polar surface area (TPSA) is 73.9 Å². The molecule has 39 heavy (non-hydrogen) atoms. The number of carbonyl (C=O) groups is 2. The number of nitrogens with one attached hydrogen (secondary N) is 1. The molecule has 1 N–H and O–H groups in total. The molecule has 0 saturated heterocycles. The van der Waals surface area contributed by atoms with Gasteiger partial charge in [0.15, 0.2) is 0 Å². The van der Waals surface area contributed by atoms with Gasteiger partial charge in [0.25, 0.3) is 0 Å². The molecule has 0 heterocycles. The van der Waals surface area contributed by atoms with E-state index in [1.165, 1.54) is 12.7 Å². The lowest BCUT2D eigenvalue weighted by Gasteiger charge is -2.19. The molecule has 208 valence electrons. The maximum absolute atomic E-state index is 12.7. The average Bonchev–Trinajstić information content (AvgIpc) is 2.97. The number of esters is 1. The maximum atomic E-state index is 12.7. The predicted octanol–water partition coefficient (Wildman–Crippen LogP) is 6.45. The third-order valence-electron chi connectivity index (χ3n) is 6.74. The molecule has 1 amide bonds. The van der Waals surface area contributed by atoms with Crippen LogP contribution in [-0.2, 0) is 33.8 Å². The maximum Gasteiger partial charge on any atom is 0.305 e. The van der Waals surface area contributed by atoms with Crippen molar-refractivity contribution < 1.29 is 23.8 Å². The Kier molecular flexibility index (Phi) is 12.9. The number of hydrogen-bond donors (Lipinski definition) is 1. The van der Waals surface area contributed by atoms with Crippen molar-refractivity contribution in [1.29, 1.82) is 0 Å². The van der Waals surface area contributed by atoms with E-state index in [0.717, 1.165) is 54.7 Å². The molecule has 3 aromatic rings. The molecule has 0 spiro atoms. The molecule has 0 saturated carbocycles. The van der Waals surface area contributed by atoms with Crippen molar-refractivity contribution in [3.8, 4) is 11.5 Å². The largest absolute Gasteiger partial charge is 0.496 e. The standard InChI is InChI=1S/C33H41NO5/c1-37-31-16-11-10-15-28(31)14-8-3-4-9-17-32(35)34-29(20-23-33(36)38-2)24-26-18-21-30(22-19-26)39-25-27-12-6-5-7-13-27/h5-7,10-13,15-16,18-19,21-22,29H,3-4,8-9,14,17,20,23-25H2,1-2H3,(H,34,35)/t29-/m0/s1. The van der Waals surface area contributed by atoms with Crippen LogP contribution in [0, 0.1) is 0 Å². The number of benzene rings is 3. The van der Waals surface area contributed by atoms with Crippen molar-refractivity contribution in [2.75, 3.05) is 14.2 Å². The number of para-hydroxylation sites is 1. The molecule has 0 aliphatic heterocycles. The Morgan fingerprint density at radius 2 is 1.49 bits per heavy atom. The number of rotatable bonds is 17. The molecular weight excluding hydrogens is 490 g/mol. The lowest BCUT2D eigenvalue weighted by molar-refractivity contribution is -0.141. The molecule has 3 rings (SSSR count). The number of unbranched alkanes of at least 4 members (excludes halogenated alkanes) is 3. The van der Waals surface area contributed by atoms with Crippen LogP contribution < -0.4 is 14.8 Å². The van der Waals surface area contributed by atoms with E-state index < -0.39 is 0 Å². The fraction of sp³-hybridized carbons (Fsp3) is 0.394. The number of amides is 1. The van der Waals surface area contributed by atoms with Crippen LogP contribution in [0.15, 0.2) is 78.9 Å². The summed E-state index contributed by atoms with van der Waals surface area (Å²) in [6.07, 6.45) is 6.86. The molecule has 6 heteroatoms. The van der Waals surface area contributed by atoms with E-state index in [0.29, 0.717) is 25.9 Å². The van der Waals surface area contributed by atoms with Crippen LogP contribution >= 0.6 is 0 Å². The van der Waals surface area contributed by atoms with E-state index in [4.69, 9.17) is 14.2 Å². The summed E-state index contributed by atoms with van der Waals surface area (Å²) in [4.78, 5) is 24.4. The van der Waals surface area contributed by atoms with Crippen molar-refractivity contribution >= 4 is 11.9 Å². The van der Waals surface area contributed by atoms with Crippen molar-refractivity contribution in [2.45, 2.75) is 70.4 Å². The molecule has 0 radical (unpaired) electrons. The molecule has 0 bridgehead atoms. The lowest BCUT2D eigenvalue weighted by Crippen LogP contribution is -2.36. The highest BCUT2D eigenvalue weighted by atomic mass is 16.5. The van der Waals surface area contributed by atoms with Crippen molar-refractivity contribution in [2.24, 2.45) is 0 Å². The van der Waals surface area contributed by atoms with Gasteiger partial charge in [0.05, 0.1) is 14.2 Å². The van der Waals surface area contributed by atoms with E-state index in [1.54, 1.807) is 7.11 Å². The Labute approximate surface area is 232 Å². The van der Waals surface area contributed by atoms with Crippen LogP contribution in [0.2, 0.25) is 0 Å². The zero-order valence-electron chi connectivity index (χ0n) is 23.2. The quantitative estimate of drug-likeness (QED) is 0.160. The number of aryl methyl sites for hydroxylation is 1. The monoisotopic (exact) mass is 531 g/mol. The zero-order valence-corrected chi connectivity index (χ0v) is 23.2. The summed E-state index contributed by atoms with van der Waals surface area (Å²) in [7, 11) is 3.09. The first kappa shape index (κ1) is 29.8. The molecule has 6 nitrogen and oxygen atoms in total. The van der Waals surface area contributed by atoms with Crippen LogP contribution in [0.4, 0.5) is 0 Å². The minimum Gasteiger partial charge on any atom is -0.496 e. The molecular formula is C33H41NO5. The first-order valence-corrected chi connectivity index (χ1v) is 13.8. The fourth-order valence-electron chi connectivity index (χ4n) is 4.53. The number of hydrogen-bond acceptors (Lipinski definition) is 5. The van der Waals surface area contributed by atoms with Gasteiger partial charge in [0.1, 0.15) is 18.1 Å². The second-order valence-electron chi connectivity index (χ2n) is 9.73. The summed E-state index contributed by atoms with van der Waals surface area (Å²) in [5.74, 6) is 1.49. The summed E-state index contributed by atoms with van der Waals surface area (Å²) in [6, 6.07) is 25.9. The summed E-state index contributed by atoms with van der Waals surface area (Å²) >= 11 is 0. The van der Waals surface area contributed by atoms with Gasteiger partial charge >= 0.3 is 5.97 Å². The third-order valence-corrected chi connectivity index (χ3v) is 6.74. The van der Waals surface area contributed by atoms with Crippen molar-refractivity contribution in [1.82, 2.24) is 5.32 Å². The smallest absolute Gasteiger partial charge is 0.305 e. The highest BCUT2D eigenvalue weighted by molar-refractivity contribution is 5.76. The second kappa shape index (κ2) is 16.9. The van der Waals surface area contributed by atoms with Gasteiger partial charge in [-0.2, -0.15) is 0 Å². The molecule has 0 fully saturated rings. The lowest BCUT2D eigenvalue weighted by atomic mass is 10.0. The van der Waals surface area contributed by atoms with Gasteiger partial charge in [-0.3, -0.25) is 9.59 Å². The van der Waals surface area contributed by atoms with Crippen LogP contribution in [0.25, 0.3) is 0 Å². The Balaban J connectivity index is 1.42. The van der Waals surface area contributed by atoms with E-state index in [1.807, 2.05) is 72.8 Å². The minimum atomic E-state index is -0.269. The van der Waals surface area contributed by atoms with Crippen LogP contribution in [0.1, 0.15) is 61.6 Å². The highest BCUT2D eigenvalue weighted by Crippen LogP contribution is 2.20. The third kappa shape index (κ3) is 11.2. The molecule has 0 aliphatic carbocycles. The molecule has 1 atom stereocenters. The van der Waals surface area contributed by atoms with Gasteiger partial charge in [-0.25, -0.2) is 0 Å². The van der Waals surface area contributed by atoms with Gasteiger partial charge < -0.3 is 19.5 Å². The first-order valence-electron chi connectivity index (χ1n) is 13.8. The first-order chi connectivity index (χ1) is 19.1. The summed E-state index contributed by atoms with van der Waals surface area (Å²) in [5, 5.41) is 3.14. The van der Waals surface area contributed by atoms with E-state index >= 15 is 0 Å². The van der Waals surface area contributed by atoms with Crippen LogP contribution in [-0.4, -0.2) is 32.1 Å². The summed E-state index contributed by atoms with van der Waals surface area (Å²) in [6.45, 7) is 0.512. The van der Waals surface area contributed by atoms with Crippen LogP contribution in [0.5, 0.6) is 11.5 Å². The summed E-state index contributed by atoms with van der Waals surface area (Å²) < 4.78 is 16.1. The van der Waals surface area contributed by atoms with Crippen molar-refractivity contribution in [3.05, 3.63) is 95.6 Å². The minimum absolute atomic E-state index is 0.0254. The van der Waals surface area contributed by atoms with Gasteiger partial charge in [-0.05, 0) is 67.0 Å². The molecule has 0 aliphatic rings. The summed E-state index contributed by atoms with van der Waals surface area (Å²) in [5.41, 5.74) is 3.42.